The molecule has 0 saturated heterocycles. The third-order valence-corrected chi connectivity index (χ3v) is 2.93. The van der Waals surface area contributed by atoms with E-state index in [4.69, 9.17) is 17.3 Å². The molecule has 1 heterocycles. The van der Waals surface area contributed by atoms with Gasteiger partial charge in [-0.3, -0.25) is 0 Å². The van der Waals surface area contributed by atoms with Crippen molar-refractivity contribution in [1.29, 1.82) is 0 Å². The summed E-state index contributed by atoms with van der Waals surface area (Å²) in [4.78, 5) is 15.5. The van der Waals surface area contributed by atoms with E-state index in [2.05, 4.69) is 9.72 Å². The minimum atomic E-state index is -0.465. The van der Waals surface area contributed by atoms with Gasteiger partial charge in [-0.15, -0.1) is 0 Å². The fourth-order valence-corrected chi connectivity index (χ4v) is 2.36. The zero-order valence-corrected chi connectivity index (χ0v) is 9.35. The van der Waals surface area contributed by atoms with Gasteiger partial charge in [0.1, 0.15) is 0 Å². The fourth-order valence-electron chi connectivity index (χ4n) is 1.28. The number of methoxy groups -OCH3 is 1. The molecule has 78 valence electrons. The van der Waals surface area contributed by atoms with Crippen molar-refractivity contribution >= 4 is 44.3 Å². The van der Waals surface area contributed by atoms with E-state index in [1.54, 1.807) is 6.07 Å². The van der Waals surface area contributed by atoms with Crippen LogP contribution in [0, 0.1) is 0 Å². The Morgan fingerprint density at radius 2 is 2.33 bits per heavy atom. The molecule has 2 aromatic rings. The molecule has 1 aromatic heterocycles. The van der Waals surface area contributed by atoms with E-state index in [9.17, 15) is 4.79 Å². The van der Waals surface area contributed by atoms with Gasteiger partial charge in [0.2, 0.25) is 0 Å². The summed E-state index contributed by atoms with van der Waals surface area (Å²) in [5.41, 5.74) is 6.44. The molecule has 6 heteroatoms. The van der Waals surface area contributed by atoms with Crippen molar-refractivity contribution in [2.45, 2.75) is 0 Å². The summed E-state index contributed by atoms with van der Waals surface area (Å²) in [6, 6.07) is 3.24. The summed E-state index contributed by atoms with van der Waals surface area (Å²) >= 11 is 7.15. The average Bonchev–Trinajstić information content (AvgIpc) is 2.55. The highest BCUT2D eigenvalue weighted by Crippen LogP contribution is 2.30. The van der Waals surface area contributed by atoms with Crippen LogP contribution in [0.15, 0.2) is 12.1 Å². The summed E-state index contributed by atoms with van der Waals surface area (Å²) < 4.78 is 5.41. The number of hydrogen-bond acceptors (Lipinski definition) is 5. The predicted molar refractivity (Wildman–Crippen MR) is 60.4 cm³/mol. The van der Waals surface area contributed by atoms with Gasteiger partial charge in [-0.25, -0.2) is 9.78 Å². The highest BCUT2D eigenvalue weighted by Gasteiger charge is 2.15. The Bertz CT molecular complexity index is 538. The van der Waals surface area contributed by atoms with Crippen molar-refractivity contribution in [2.75, 3.05) is 12.8 Å². The number of nitrogens with two attached hydrogens (primary N) is 1. The lowest BCUT2D eigenvalue weighted by Gasteiger charge is -2.00. The summed E-state index contributed by atoms with van der Waals surface area (Å²) in [6.45, 7) is 0. The summed E-state index contributed by atoms with van der Waals surface area (Å²) in [5, 5.41) is 0.865. The van der Waals surface area contributed by atoms with Crippen LogP contribution in [0.25, 0.3) is 10.2 Å². The number of rotatable bonds is 1. The van der Waals surface area contributed by atoms with E-state index in [1.807, 2.05) is 0 Å². The molecule has 4 nitrogen and oxygen atoms in total. The van der Waals surface area contributed by atoms with Crippen LogP contribution in [0.1, 0.15) is 10.4 Å². The van der Waals surface area contributed by atoms with Crippen molar-refractivity contribution in [3.05, 3.63) is 22.7 Å². The molecule has 0 unspecified atom stereocenters. The molecule has 0 aliphatic carbocycles. The standard InChI is InChI=1S/C9H7ClN2O2S/c1-14-8(13)5-2-4(10)3-6-7(5)12-9(11)15-6/h2-3H,1H3,(H2,11,12). The van der Waals surface area contributed by atoms with Crippen LogP contribution in [0.5, 0.6) is 0 Å². The number of carbonyl (C=O) groups excluding carboxylic acids is 1. The van der Waals surface area contributed by atoms with Crippen LogP contribution in [0.3, 0.4) is 0 Å². The summed E-state index contributed by atoms with van der Waals surface area (Å²) in [7, 11) is 1.31. The van der Waals surface area contributed by atoms with Crippen molar-refractivity contribution < 1.29 is 9.53 Å². The van der Waals surface area contributed by atoms with Gasteiger partial charge in [0.15, 0.2) is 5.13 Å². The lowest BCUT2D eigenvalue weighted by Crippen LogP contribution is -2.02. The third-order valence-electron chi connectivity index (χ3n) is 1.88. The van der Waals surface area contributed by atoms with Gasteiger partial charge in [-0.05, 0) is 12.1 Å². The Balaban J connectivity index is 2.75. The smallest absolute Gasteiger partial charge is 0.340 e. The quantitative estimate of drug-likeness (QED) is 0.780. The van der Waals surface area contributed by atoms with Gasteiger partial charge >= 0.3 is 5.97 Å². The first-order chi connectivity index (χ1) is 7.11. The number of aromatic nitrogens is 1. The van der Waals surface area contributed by atoms with Gasteiger partial charge in [-0.2, -0.15) is 0 Å². The molecular weight excluding hydrogens is 236 g/mol. The number of fused-ring (bicyclic) bond motifs is 1. The van der Waals surface area contributed by atoms with Crippen LogP contribution in [0.2, 0.25) is 5.02 Å². The minimum absolute atomic E-state index is 0.341. The van der Waals surface area contributed by atoms with Gasteiger partial charge in [0.05, 0.1) is 22.9 Å². The highest BCUT2D eigenvalue weighted by molar-refractivity contribution is 7.22. The maximum Gasteiger partial charge on any atom is 0.340 e. The predicted octanol–water partition coefficient (Wildman–Crippen LogP) is 2.32. The number of nitrogen functional groups attached to an aromatic ring is 1. The maximum atomic E-state index is 11.4. The largest absolute Gasteiger partial charge is 0.465 e. The first-order valence-electron chi connectivity index (χ1n) is 4.05. The van der Waals surface area contributed by atoms with Crippen LogP contribution in [-0.4, -0.2) is 18.1 Å². The second-order valence-corrected chi connectivity index (χ2v) is 4.34. The molecular formula is C9H7ClN2O2S. The second-order valence-electron chi connectivity index (χ2n) is 2.84. The number of anilines is 1. The Morgan fingerprint density at radius 1 is 1.60 bits per heavy atom. The van der Waals surface area contributed by atoms with E-state index in [1.165, 1.54) is 24.5 Å². The molecule has 0 spiro atoms. The number of thiazole rings is 1. The lowest BCUT2D eigenvalue weighted by molar-refractivity contribution is 0.0603. The number of hydrogen-bond donors (Lipinski definition) is 1. The zero-order chi connectivity index (χ0) is 11.0. The number of benzene rings is 1. The normalized spacial score (nSPS) is 10.5. The van der Waals surface area contributed by atoms with E-state index in [0.29, 0.717) is 21.2 Å². The number of ether oxygens (including phenoxy) is 1. The Labute approximate surface area is 94.6 Å². The van der Waals surface area contributed by atoms with Crippen molar-refractivity contribution in [3.63, 3.8) is 0 Å². The molecule has 2 rings (SSSR count). The topological polar surface area (TPSA) is 65.2 Å². The Morgan fingerprint density at radius 3 is 3.00 bits per heavy atom. The lowest BCUT2D eigenvalue weighted by atomic mass is 10.2. The molecule has 0 amide bonds. The van der Waals surface area contributed by atoms with Crippen molar-refractivity contribution in [3.8, 4) is 0 Å². The molecule has 0 aliphatic heterocycles. The molecule has 15 heavy (non-hydrogen) atoms. The molecule has 1 aromatic carbocycles. The van der Waals surface area contributed by atoms with E-state index >= 15 is 0 Å². The average molecular weight is 243 g/mol. The number of halogens is 1. The molecule has 0 radical (unpaired) electrons. The monoisotopic (exact) mass is 242 g/mol. The van der Waals surface area contributed by atoms with Gasteiger partial charge in [0, 0.05) is 5.02 Å². The van der Waals surface area contributed by atoms with Gasteiger partial charge < -0.3 is 10.5 Å². The molecule has 0 aliphatic rings. The number of carbonyl (C=O) groups is 1. The van der Waals surface area contributed by atoms with Crippen LogP contribution in [0.4, 0.5) is 5.13 Å². The van der Waals surface area contributed by atoms with E-state index < -0.39 is 5.97 Å². The number of nitrogens with zero attached hydrogens (tertiary/aromatic N) is 1. The third kappa shape index (κ3) is 1.75. The summed E-state index contributed by atoms with van der Waals surface area (Å²) in [6.07, 6.45) is 0. The maximum absolute atomic E-state index is 11.4. The molecule has 0 fully saturated rings. The fraction of sp³-hybridized carbons (Fsp3) is 0.111. The Hall–Kier alpha value is -1.33. The van der Waals surface area contributed by atoms with Crippen LogP contribution < -0.4 is 5.73 Å². The van der Waals surface area contributed by atoms with Gasteiger partial charge in [-0.1, -0.05) is 22.9 Å². The van der Waals surface area contributed by atoms with Crippen LogP contribution >= 0.6 is 22.9 Å². The van der Waals surface area contributed by atoms with Crippen molar-refractivity contribution in [1.82, 2.24) is 4.98 Å². The summed E-state index contributed by atoms with van der Waals surface area (Å²) in [5.74, 6) is -0.465. The van der Waals surface area contributed by atoms with E-state index in [-0.39, 0.29) is 0 Å². The zero-order valence-electron chi connectivity index (χ0n) is 7.78. The highest BCUT2D eigenvalue weighted by atomic mass is 35.5. The second kappa shape index (κ2) is 3.67. The SMILES string of the molecule is COC(=O)c1cc(Cl)cc2sc(N)nc12. The molecule has 0 atom stereocenters. The first-order valence-corrected chi connectivity index (χ1v) is 5.25. The molecule has 0 bridgehead atoms. The molecule has 2 N–H and O–H groups in total. The van der Waals surface area contributed by atoms with Crippen LogP contribution in [-0.2, 0) is 4.74 Å². The first kappa shape index (κ1) is 10.2. The van der Waals surface area contributed by atoms with E-state index in [0.717, 1.165) is 4.70 Å². The van der Waals surface area contributed by atoms with Gasteiger partial charge in [0.25, 0.3) is 0 Å². The van der Waals surface area contributed by atoms with Crippen molar-refractivity contribution in [2.24, 2.45) is 0 Å². The minimum Gasteiger partial charge on any atom is -0.465 e. The number of esters is 1. The Kier molecular flexibility index (Phi) is 2.50. The molecule has 0 saturated carbocycles.